The SMILES string of the molecule is CCCC[N+]1(CCCC)CCN(C)CC1. The maximum Gasteiger partial charge on any atom is 0.0916 e. The molecule has 1 aliphatic heterocycles. The molecule has 0 N–H and O–H groups in total. The van der Waals surface area contributed by atoms with Crippen molar-refractivity contribution in [2.75, 3.05) is 46.3 Å². The summed E-state index contributed by atoms with van der Waals surface area (Å²) < 4.78 is 1.41. The Bertz CT molecular complexity index is 142. The highest BCUT2D eigenvalue weighted by molar-refractivity contribution is 4.60. The van der Waals surface area contributed by atoms with Crippen molar-refractivity contribution in [1.82, 2.24) is 4.90 Å². The summed E-state index contributed by atoms with van der Waals surface area (Å²) in [4.78, 5) is 2.48. The molecule has 0 atom stereocenters. The van der Waals surface area contributed by atoms with Crippen molar-refractivity contribution in [2.24, 2.45) is 0 Å². The molecule has 90 valence electrons. The molecule has 0 aromatic heterocycles. The molecule has 0 amide bonds. The summed E-state index contributed by atoms with van der Waals surface area (Å²) in [6.07, 6.45) is 5.52. The third-order valence-corrected chi connectivity index (χ3v) is 3.88. The van der Waals surface area contributed by atoms with Gasteiger partial charge in [-0.2, -0.15) is 0 Å². The Balaban J connectivity index is 2.44. The van der Waals surface area contributed by atoms with Gasteiger partial charge in [-0.25, -0.2) is 0 Å². The van der Waals surface area contributed by atoms with E-state index < -0.39 is 0 Å². The van der Waals surface area contributed by atoms with Gasteiger partial charge in [-0.1, -0.05) is 26.7 Å². The second-order valence-electron chi connectivity index (χ2n) is 5.25. The van der Waals surface area contributed by atoms with Crippen LogP contribution >= 0.6 is 0 Å². The van der Waals surface area contributed by atoms with Crippen molar-refractivity contribution < 1.29 is 4.48 Å². The molecule has 2 heteroatoms. The summed E-state index contributed by atoms with van der Waals surface area (Å²) in [6.45, 7) is 12.8. The average Bonchev–Trinajstić information content (AvgIpc) is 2.27. The minimum absolute atomic E-state index is 1.30. The first-order valence-electron chi connectivity index (χ1n) is 6.76. The van der Waals surface area contributed by atoms with Crippen LogP contribution in [0, 0.1) is 0 Å². The third kappa shape index (κ3) is 4.12. The third-order valence-electron chi connectivity index (χ3n) is 3.88. The molecular formula is C13H29N2+. The number of hydrogen-bond donors (Lipinski definition) is 0. The van der Waals surface area contributed by atoms with E-state index in [0.29, 0.717) is 0 Å². The van der Waals surface area contributed by atoms with Crippen LogP contribution < -0.4 is 0 Å². The Hall–Kier alpha value is -0.0800. The largest absolute Gasteiger partial charge is 0.321 e. The molecule has 0 saturated carbocycles. The van der Waals surface area contributed by atoms with Crippen molar-refractivity contribution in [1.29, 1.82) is 0 Å². The van der Waals surface area contributed by atoms with E-state index in [-0.39, 0.29) is 0 Å². The van der Waals surface area contributed by atoms with Gasteiger partial charge < -0.3 is 4.48 Å². The smallest absolute Gasteiger partial charge is 0.0916 e. The fourth-order valence-electron chi connectivity index (χ4n) is 2.54. The summed E-state index contributed by atoms with van der Waals surface area (Å²) in [5.74, 6) is 0. The molecule has 1 heterocycles. The highest BCUT2D eigenvalue weighted by atomic mass is 15.4. The molecule has 1 saturated heterocycles. The lowest BCUT2D eigenvalue weighted by molar-refractivity contribution is -0.932. The van der Waals surface area contributed by atoms with Gasteiger partial charge in [-0.05, 0) is 19.9 Å². The van der Waals surface area contributed by atoms with Crippen LogP contribution in [0.15, 0.2) is 0 Å². The van der Waals surface area contributed by atoms with Gasteiger partial charge in [-0.3, -0.25) is 4.90 Å². The monoisotopic (exact) mass is 213 g/mol. The molecule has 0 aromatic carbocycles. The number of piperazine rings is 1. The van der Waals surface area contributed by atoms with Gasteiger partial charge in [0.05, 0.1) is 26.2 Å². The van der Waals surface area contributed by atoms with E-state index in [1.54, 1.807) is 0 Å². The Kier molecular flexibility index (Phi) is 5.62. The standard InChI is InChI=1S/C13H29N2/c1-4-6-10-15(11-7-5-2)12-8-14(3)9-13-15/h4-13H2,1-3H3/q+1. The first kappa shape index (κ1) is 13.0. The molecular weight excluding hydrogens is 184 g/mol. The van der Waals surface area contributed by atoms with Crippen LogP contribution in [-0.2, 0) is 0 Å². The molecule has 1 fully saturated rings. The van der Waals surface area contributed by atoms with Gasteiger partial charge in [0.25, 0.3) is 0 Å². The number of nitrogens with zero attached hydrogens (tertiary/aromatic N) is 2. The number of unbranched alkanes of at least 4 members (excludes halogenated alkanes) is 2. The Morgan fingerprint density at radius 3 is 1.80 bits per heavy atom. The van der Waals surface area contributed by atoms with Crippen molar-refractivity contribution >= 4 is 0 Å². The molecule has 0 aliphatic carbocycles. The molecule has 0 radical (unpaired) electrons. The lowest BCUT2D eigenvalue weighted by Crippen LogP contribution is -2.59. The van der Waals surface area contributed by atoms with E-state index >= 15 is 0 Å². The van der Waals surface area contributed by atoms with Gasteiger partial charge >= 0.3 is 0 Å². The van der Waals surface area contributed by atoms with Crippen LogP contribution in [0.3, 0.4) is 0 Å². The van der Waals surface area contributed by atoms with Gasteiger partial charge in [0.1, 0.15) is 0 Å². The first-order valence-corrected chi connectivity index (χ1v) is 6.76. The molecule has 0 aromatic rings. The van der Waals surface area contributed by atoms with Crippen molar-refractivity contribution in [3.63, 3.8) is 0 Å². The molecule has 1 aliphatic rings. The zero-order chi connectivity index (χ0) is 11.1. The molecule has 0 bridgehead atoms. The highest BCUT2D eigenvalue weighted by Crippen LogP contribution is 2.15. The Morgan fingerprint density at radius 1 is 0.933 bits per heavy atom. The second kappa shape index (κ2) is 6.49. The van der Waals surface area contributed by atoms with E-state index in [4.69, 9.17) is 0 Å². The fourth-order valence-corrected chi connectivity index (χ4v) is 2.54. The number of rotatable bonds is 6. The highest BCUT2D eigenvalue weighted by Gasteiger charge is 2.30. The minimum atomic E-state index is 1.30. The van der Waals surface area contributed by atoms with Crippen LogP contribution in [0.2, 0.25) is 0 Å². The molecule has 0 spiro atoms. The van der Waals surface area contributed by atoms with Crippen LogP contribution in [0.4, 0.5) is 0 Å². The lowest BCUT2D eigenvalue weighted by atomic mass is 10.1. The van der Waals surface area contributed by atoms with Crippen LogP contribution in [-0.4, -0.2) is 55.7 Å². The van der Waals surface area contributed by atoms with Crippen LogP contribution in [0.25, 0.3) is 0 Å². The average molecular weight is 213 g/mol. The van der Waals surface area contributed by atoms with Crippen molar-refractivity contribution in [3.05, 3.63) is 0 Å². The van der Waals surface area contributed by atoms with E-state index in [9.17, 15) is 0 Å². The Morgan fingerprint density at radius 2 is 1.40 bits per heavy atom. The van der Waals surface area contributed by atoms with Gasteiger partial charge in [-0.15, -0.1) is 0 Å². The van der Waals surface area contributed by atoms with Gasteiger partial charge in [0.15, 0.2) is 0 Å². The predicted octanol–water partition coefficient (Wildman–Crippen LogP) is 2.35. The first-order chi connectivity index (χ1) is 7.22. The van der Waals surface area contributed by atoms with Crippen LogP contribution in [0.5, 0.6) is 0 Å². The molecule has 2 nitrogen and oxygen atoms in total. The molecule has 1 rings (SSSR count). The quantitative estimate of drug-likeness (QED) is 0.612. The normalized spacial score (nSPS) is 21.8. The van der Waals surface area contributed by atoms with Gasteiger partial charge in [0, 0.05) is 13.1 Å². The van der Waals surface area contributed by atoms with Gasteiger partial charge in [0.2, 0.25) is 0 Å². The number of hydrogen-bond acceptors (Lipinski definition) is 1. The topological polar surface area (TPSA) is 3.24 Å². The Labute approximate surface area is 95.8 Å². The summed E-state index contributed by atoms with van der Waals surface area (Å²) in [7, 11) is 2.26. The summed E-state index contributed by atoms with van der Waals surface area (Å²) >= 11 is 0. The lowest BCUT2D eigenvalue weighted by Gasteiger charge is -2.44. The summed E-state index contributed by atoms with van der Waals surface area (Å²) in [5, 5.41) is 0. The minimum Gasteiger partial charge on any atom is -0.321 e. The number of likely N-dealkylation sites (N-methyl/N-ethyl adjacent to an activating group) is 1. The van der Waals surface area contributed by atoms with E-state index in [2.05, 4.69) is 25.8 Å². The van der Waals surface area contributed by atoms with Crippen LogP contribution in [0.1, 0.15) is 39.5 Å². The number of quaternary nitrogens is 1. The summed E-state index contributed by atoms with van der Waals surface area (Å²) in [6, 6.07) is 0. The van der Waals surface area contributed by atoms with E-state index in [0.717, 1.165) is 0 Å². The maximum absolute atomic E-state index is 2.48. The van der Waals surface area contributed by atoms with E-state index in [1.807, 2.05) is 0 Å². The van der Waals surface area contributed by atoms with Crippen molar-refractivity contribution in [2.45, 2.75) is 39.5 Å². The maximum atomic E-state index is 2.48. The van der Waals surface area contributed by atoms with E-state index in [1.165, 1.54) is 69.4 Å². The molecule has 0 unspecified atom stereocenters. The zero-order valence-corrected chi connectivity index (χ0v) is 11.0. The molecule has 15 heavy (non-hydrogen) atoms. The zero-order valence-electron chi connectivity index (χ0n) is 11.0. The second-order valence-corrected chi connectivity index (χ2v) is 5.25. The fraction of sp³-hybridized carbons (Fsp3) is 1.00. The predicted molar refractivity (Wildman–Crippen MR) is 67.0 cm³/mol. The summed E-state index contributed by atoms with van der Waals surface area (Å²) in [5.41, 5.74) is 0. The van der Waals surface area contributed by atoms with Crippen molar-refractivity contribution in [3.8, 4) is 0 Å².